The highest BCUT2D eigenvalue weighted by atomic mass is 32.2. The van der Waals surface area contributed by atoms with Gasteiger partial charge in [0.05, 0.1) is 10.6 Å². The van der Waals surface area contributed by atoms with Crippen molar-refractivity contribution in [3.63, 3.8) is 0 Å². The van der Waals surface area contributed by atoms with Crippen molar-refractivity contribution in [1.82, 2.24) is 29.3 Å². The summed E-state index contributed by atoms with van der Waals surface area (Å²) in [6, 6.07) is 11.8. The average Bonchev–Trinajstić information content (AvgIpc) is 3.23. The molecule has 1 fully saturated rings. The number of hydrogen-bond acceptors (Lipinski definition) is 7. The van der Waals surface area contributed by atoms with Crippen LogP contribution in [0.5, 0.6) is 0 Å². The molecule has 0 bridgehead atoms. The number of benzene rings is 2. The molecular weight excluding hydrogens is 450 g/mol. The Balaban J connectivity index is 1.40. The molecule has 1 aliphatic heterocycles. The van der Waals surface area contributed by atoms with Crippen molar-refractivity contribution >= 4 is 27.0 Å². The van der Waals surface area contributed by atoms with Gasteiger partial charge in [-0.15, -0.1) is 5.10 Å². The standard InChI is InChI=1S/C24H27N7O2S/c1-16-5-7-20(8-6-16)31-24-21(27-28-31)23(25-15-26-24)29-9-11-30(12-10-29)34(32,33)22-18(3)13-17(2)14-19(22)4/h5-8,13-15H,9-12H2,1-4H3. The minimum atomic E-state index is -3.58. The minimum Gasteiger partial charge on any atom is -0.352 e. The molecule has 0 amide bonds. The maximum Gasteiger partial charge on any atom is 0.243 e. The van der Waals surface area contributed by atoms with E-state index in [1.165, 1.54) is 6.33 Å². The van der Waals surface area contributed by atoms with Crippen molar-refractivity contribution in [3.05, 3.63) is 65.0 Å². The zero-order valence-corrected chi connectivity index (χ0v) is 20.5. The van der Waals surface area contributed by atoms with Crippen molar-refractivity contribution in [3.8, 4) is 5.69 Å². The van der Waals surface area contributed by atoms with E-state index in [0.717, 1.165) is 27.9 Å². The van der Waals surface area contributed by atoms with Gasteiger partial charge in [0.15, 0.2) is 17.0 Å². The van der Waals surface area contributed by atoms with Crippen LogP contribution in [0.15, 0.2) is 47.6 Å². The van der Waals surface area contributed by atoms with E-state index in [0.29, 0.717) is 48.1 Å². The number of piperazine rings is 1. The Labute approximate surface area is 199 Å². The number of anilines is 1. The van der Waals surface area contributed by atoms with E-state index >= 15 is 0 Å². The van der Waals surface area contributed by atoms with Gasteiger partial charge in [0.1, 0.15) is 6.33 Å². The van der Waals surface area contributed by atoms with Crippen LogP contribution in [-0.4, -0.2) is 63.9 Å². The fourth-order valence-electron chi connectivity index (χ4n) is 4.67. The molecule has 0 atom stereocenters. The number of rotatable bonds is 4. The average molecular weight is 478 g/mol. The van der Waals surface area contributed by atoms with Crippen molar-refractivity contribution in [2.24, 2.45) is 0 Å². The summed E-state index contributed by atoms with van der Waals surface area (Å²) in [5, 5.41) is 8.66. The molecular formula is C24H27N7O2S. The highest BCUT2D eigenvalue weighted by Gasteiger charge is 2.32. The molecule has 1 aliphatic rings. The number of aromatic nitrogens is 5. The minimum absolute atomic E-state index is 0.368. The number of nitrogens with zero attached hydrogens (tertiary/aromatic N) is 7. The third-order valence-corrected chi connectivity index (χ3v) is 8.44. The largest absolute Gasteiger partial charge is 0.352 e. The SMILES string of the molecule is Cc1ccc(-n2nnc3c(N4CCN(S(=O)(=O)c5c(C)cc(C)cc5C)CC4)ncnc32)cc1. The lowest BCUT2D eigenvalue weighted by atomic mass is 10.1. The first kappa shape index (κ1) is 22.4. The molecule has 0 radical (unpaired) electrons. The molecule has 5 rings (SSSR count). The monoisotopic (exact) mass is 477 g/mol. The summed E-state index contributed by atoms with van der Waals surface area (Å²) >= 11 is 0. The first-order valence-corrected chi connectivity index (χ1v) is 12.7. The molecule has 2 aromatic heterocycles. The predicted molar refractivity (Wildman–Crippen MR) is 131 cm³/mol. The topological polar surface area (TPSA) is 97.1 Å². The third-order valence-electron chi connectivity index (χ3n) is 6.24. The molecule has 176 valence electrons. The fourth-order valence-corrected chi connectivity index (χ4v) is 6.50. The van der Waals surface area contributed by atoms with Crippen LogP contribution in [0.1, 0.15) is 22.3 Å². The molecule has 9 nitrogen and oxygen atoms in total. The van der Waals surface area contributed by atoms with E-state index in [9.17, 15) is 8.42 Å². The van der Waals surface area contributed by atoms with Crippen molar-refractivity contribution in [2.45, 2.75) is 32.6 Å². The van der Waals surface area contributed by atoms with Gasteiger partial charge in [-0.3, -0.25) is 0 Å². The van der Waals surface area contributed by atoms with E-state index in [-0.39, 0.29) is 0 Å². The number of aryl methyl sites for hydroxylation is 4. The summed E-state index contributed by atoms with van der Waals surface area (Å²) in [4.78, 5) is 11.3. The molecule has 0 spiro atoms. The van der Waals surface area contributed by atoms with Gasteiger partial charge in [0.25, 0.3) is 0 Å². The van der Waals surface area contributed by atoms with Crippen LogP contribution >= 0.6 is 0 Å². The Hall–Kier alpha value is -3.37. The first-order chi connectivity index (χ1) is 16.3. The van der Waals surface area contributed by atoms with Gasteiger partial charge >= 0.3 is 0 Å². The summed E-state index contributed by atoms with van der Waals surface area (Å²) in [6.07, 6.45) is 1.51. The summed E-state index contributed by atoms with van der Waals surface area (Å²) < 4.78 is 30.1. The Morgan fingerprint density at radius 3 is 2.12 bits per heavy atom. The predicted octanol–water partition coefficient (Wildman–Crippen LogP) is 2.96. The van der Waals surface area contributed by atoms with Crippen LogP contribution in [0.2, 0.25) is 0 Å². The van der Waals surface area contributed by atoms with Crippen molar-refractivity contribution < 1.29 is 8.42 Å². The molecule has 0 saturated carbocycles. The van der Waals surface area contributed by atoms with E-state index < -0.39 is 10.0 Å². The zero-order valence-electron chi connectivity index (χ0n) is 19.7. The van der Waals surface area contributed by atoms with Crippen LogP contribution < -0.4 is 4.90 Å². The van der Waals surface area contributed by atoms with E-state index in [1.807, 2.05) is 64.1 Å². The van der Waals surface area contributed by atoms with Gasteiger partial charge in [-0.05, 0) is 51.0 Å². The Bertz CT molecular complexity index is 1450. The van der Waals surface area contributed by atoms with Gasteiger partial charge in [-0.1, -0.05) is 40.6 Å². The van der Waals surface area contributed by atoms with Crippen LogP contribution in [0.25, 0.3) is 16.9 Å². The second kappa shape index (κ2) is 8.44. The van der Waals surface area contributed by atoms with Crippen molar-refractivity contribution in [2.75, 3.05) is 31.1 Å². The third kappa shape index (κ3) is 3.82. The molecule has 10 heteroatoms. The highest BCUT2D eigenvalue weighted by Crippen LogP contribution is 2.28. The fraction of sp³-hybridized carbons (Fsp3) is 0.333. The summed E-state index contributed by atoms with van der Waals surface area (Å²) in [5.41, 5.74) is 5.88. The van der Waals surface area contributed by atoms with E-state index in [2.05, 4.69) is 25.2 Å². The van der Waals surface area contributed by atoms with Crippen molar-refractivity contribution in [1.29, 1.82) is 0 Å². The Morgan fingerprint density at radius 1 is 0.824 bits per heavy atom. The molecule has 0 N–H and O–H groups in total. The van der Waals surface area contributed by atoms with Crippen LogP contribution in [-0.2, 0) is 10.0 Å². The lowest BCUT2D eigenvalue weighted by Crippen LogP contribution is -2.49. The van der Waals surface area contributed by atoms with Crippen LogP contribution in [0, 0.1) is 27.7 Å². The number of sulfonamides is 1. The lowest BCUT2D eigenvalue weighted by Gasteiger charge is -2.35. The number of hydrogen-bond donors (Lipinski definition) is 0. The van der Waals surface area contributed by atoms with Gasteiger partial charge in [-0.25, -0.2) is 18.4 Å². The maximum absolute atomic E-state index is 13.4. The lowest BCUT2D eigenvalue weighted by molar-refractivity contribution is 0.383. The highest BCUT2D eigenvalue weighted by molar-refractivity contribution is 7.89. The summed E-state index contributed by atoms with van der Waals surface area (Å²) in [7, 11) is -3.58. The molecule has 3 heterocycles. The van der Waals surface area contributed by atoms with Gasteiger partial charge in [0, 0.05) is 26.2 Å². The van der Waals surface area contributed by atoms with Crippen LogP contribution in [0.4, 0.5) is 5.82 Å². The molecule has 2 aromatic carbocycles. The quantitative estimate of drug-likeness (QED) is 0.446. The molecule has 34 heavy (non-hydrogen) atoms. The van der Waals surface area contributed by atoms with E-state index in [1.54, 1.807) is 8.99 Å². The van der Waals surface area contributed by atoms with Crippen LogP contribution in [0.3, 0.4) is 0 Å². The second-order valence-electron chi connectivity index (χ2n) is 8.83. The van der Waals surface area contributed by atoms with Gasteiger partial charge < -0.3 is 4.90 Å². The normalized spacial score (nSPS) is 15.2. The molecule has 4 aromatic rings. The Morgan fingerprint density at radius 2 is 1.47 bits per heavy atom. The second-order valence-corrected chi connectivity index (χ2v) is 10.7. The molecule has 0 unspecified atom stereocenters. The van der Waals surface area contributed by atoms with Gasteiger partial charge in [0.2, 0.25) is 10.0 Å². The smallest absolute Gasteiger partial charge is 0.243 e. The summed E-state index contributed by atoms with van der Waals surface area (Å²) in [6.45, 7) is 9.48. The summed E-state index contributed by atoms with van der Waals surface area (Å²) in [5.74, 6) is 0.670. The maximum atomic E-state index is 13.4. The first-order valence-electron chi connectivity index (χ1n) is 11.2. The molecule has 1 saturated heterocycles. The molecule has 0 aliphatic carbocycles. The number of fused-ring (bicyclic) bond motifs is 1. The Kier molecular flexibility index (Phi) is 5.57. The van der Waals surface area contributed by atoms with E-state index in [4.69, 9.17) is 0 Å². The van der Waals surface area contributed by atoms with Gasteiger partial charge in [-0.2, -0.15) is 8.99 Å². The zero-order chi connectivity index (χ0) is 24.0.